The Balaban J connectivity index is 1.21. The molecule has 1 atom stereocenters. The standard InChI is InChI=1S/C29H18BrF3N4O5S/c30-20-9-3-17(4-10-20)23(38)15-42-27(41)18-5-11-21(12-6-18)37-25(39)13-24(26(37)40)43-28-35-22(14-34-36-28)16-1-7-19(8-2-16)29(31,32)33/h1-12,14,24H,13,15H2. The molecule has 0 radical (unpaired) electrons. The molecule has 1 unspecified atom stereocenters. The molecule has 0 aliphatic carbocycles. The number of amides is 2. The van der Waals surface area contributed by atoms with Gasteiger partial charge in [-0.25, -0.2) is 14.7 Å². The number of halogens is 4. The highest BCUT2D eigenvalue weighted by atomic mass is 79.9. The summed E-state index contributed by atoms with van der Waals surface area (Å²) >= 11 is 4.19. The number of aromatic nitrogens is 3. The molecule has 3 aromatic carbocycles. The summed E-state index contributed by atoms with van der Waals surface area (Å²) < 4.78 is 44.5. The summed E-state index contributed by atoms with van der Waals surface area (Å²) in [6, 6.07) is 16.5. The van der Waals surface area contributed by atoms with Gasteiger partial charge in [0.2, 0.25) is 17.0 Å². The van der Waals surface area contributed by atoms with E-state index in [4.69, 9.17) is 4.74 Å². The lowest BCUT2D eigenvalue weighted by Crippen LogP contribution is -2.31. The second-order valence-corrected chi connectivity index (χ2v) is 11.2. The third-order valence-electron chi connectivity index (χ3n) is 6.26. The number of Topliss-reactive ketones (excluding diaryl/α,β-unsaturated/α-hetero) is 1. The van der Waals surface area contributed by atoms with E-state index in [1.165, 1.54) is 42.6 Å². The van der Waals surface area contributed by atoms with Gasteiger partial charge >= 0.3 is 12.1 Å². The molecule has 1 fully saturated rings. The van der Waals surface area contributed by atoms with Crippen molar-refractivity contribution in [3.05, 3.63) is 100 Å². The molecule has 0 N–H and O–H groups in total. The van der Waals surface area contributed by atoms with Crippen molar-refractivity contribution in [2.45, 2.75) is 23.0 Å². The van der Waals surface area contributed by atoms with E-state index in [1.54, 1.807) is 24.3 Å². The van der Waals surface area contributed by atoms with Crippen LogP contribution in [0.2, 0.25) is 0 Å². The van der Waals surface area contributed by atoms with Crippen molar-refractivity contribution in [2.24, 2.45) is 0 Å². The SMILES string of the molecule is O=C(COC(=O)c1ccc(N2C(=O)CC(Sc3nncc(-c4ccc(C(F)(F)F)cc4)n3)C2=O)cc1)c1ccc(Br)cc1. The van der Waals surface area contributed by atoms with E-state index >= 15 is 0 Å². The average Bonchev–Trinajstić information content (AvgIpc) is 3.27. The zero-order valence-corrected chi connectivity index (χ0v) is 24.1. The average molecular weight is 671 g/mol. The van der Waals surface area contributed by atoms with Crippen molar-refractivity contribution in [2.75, 3.05) is 11.5 Å². The molecule has 1 saturated heterocycles. The van der Waals surface area contributed by atoms with Gasteiger partial charge in [-0.3, -0.25) is 14.4 Å². The lowest BCUT2D eigenvalue weighted by Gasteiger charge is -2.15. The maximum atomic E-state index is 13.1. The van der Waals surface area contributed by atoms with Crippen LogP contribution < -0.4 is 4.90 Å². The number of benzene rings is 3. The second-order valence-electron chi connectivity index (χ2n) is 9.13. The quantitative estimate of drug-likeness (QED) is 0.130. The van der Waals surface area contributed by atoms with Gasteiger partial charge in [0.1, 0.15) is 5.25 Å². The fourth-order valence-electron chi connectivity index (χ4n) is 4.08. The van der Waals surface area contributed by atoms with Gasteiger partial charge in [0.15, 0.2) is 12.4 Å². The first kappa shape index (κ1) is 30.0. The molecule has 14 heteroatoms. The molecule has 218 valence electrons. The van der Waals surface area contributed by atoms with E-state index in [0.717, 1.165) is 33.3 Å². The maximum absolute atomic E-state index is 13.1. The number of anilines is 1. The lowest BCUT2D eigenvalue weighted by atomic mass is 10.1. The highest BCUT2D eigenvalue weighted by Gasteiger charge is 2.41. The Hall–Kier alpha value is -4.43. The Bertz CT molecular complexity index is 1700. The van der Waals surface area contributed by atoms with Crippen LogP contribution in [0.15, 0.2) is 88.6 Å². The molecule has 9 nitrogen and oxygen atoms in total. The third kappa shape index (κ3) is 6.97. The predicted molar refractivity (Wildman–Crippen MR) is 152 cm³/mol. The van der Waals surface area contributed by atoms with Crippen LogP contribution in [0.5, 0.6) is 0 Å². The van der Waals surface area contributed by atoms with Crippen molar-refractivity contribution >= 4 is 56.9 Å². The van der Waals surface area contributed by atoms with Crippen molar-refractivity contribution < 1.29 is 37.1 Å². The molecule has 1 aliphatic heterocycles. The van der Waals surface area contributed by atoms with Gasteiger partial charge in [-0.2, -0.15) is 18.3 Å². The van der Waals surface area contributed by atoms with Gasteiger partial charge in [-0.1, -0.05) is 52.0 Å². The Morgan fingerprint density at radius 3 is 2.26 bits per heavy atom. The number of hydrogen-bond acceptors (Lipinski definition) is 9. The van der Waals surface area contributed by atoms with Crippen LogP contribution in [0.25, 0.3) is 11.3 Å². The van der Waals surface area contributed by atoms with Crippen molar-refractivity contribution in [1.29, 1.82) is 0 Å². The van der Waals surface area contributed by atoms with E-state index in [0.29, 0.717) is 11.1 Å². The number of imide groups is 1. The number of nitrogens with zero attached hydrogens (tertiary/aromatic N) is 4. The van der Waals surface area contributed by atoms with Crippen LogP contribution in [0.4, 0.5) is 18.9 Å². The normalized spacial score (nSPS) is 15.1. The van der Waals surface area contributed by atoms with E-state index in [2.05, 4.69) is 31.1 Å². The van der Waals surface area contributed by atoms with Crippen LogP contribution in [-0.2, 0) is 20.5 Å². The molecule has 43 heavy (non-hydrogen) atoms. The number of hydrogen-bond donors (Lipinski definition) is 0. The lowest BCUT2D eigenvalue weighted by molar-refractivity contribution is -0.137. The van der Waals surface area contributed by atoms with Crippen LogP contribution >= 0.6 is 27.7 Å². The van der Waals surface area contributed by atoms with Crippen molar-refractivity contribution in [3.8, 4) is 11.3 Å². The second kappa shape index (κ2) is 12.4. The summed E-state index contributed by atoms with van der Waals surface area (Å²) in [5, 5.41) is 6.93. The molecular weight excluding hydrogens is 653 g/mol. The fraction of sp³-hybridized carbons (Fsp3) is 0.138. The Labute approximate surface area is 254 Å². The Morgan fingerprint density at radius 2 is 1.60 bits per heavy atom. The van der Waals surface area contributed by atoms with Crippen LogP contribution in [-0.4, -0.2) is 50.6 Å². The highest BCUT2D eigenvalue weighted by molar-refractivity contribution is 9.10. The van der Waals surface area contributed by atoms with Crippen LogP contribution in [0.1, 0.15) is 32.7 Å². The predicted octanol–water partition coefficient (Wildman–Crippen LogP) is 5.78. The Kier molecular flexibility index (Phi) is 8.69. The highest BCUT2D eigenvalue weighted by Crippen LogP contribution is 2.34. The molecule has 0 bridgehead atoms. The summed E-state index contributed by atoms with van der Waals surface area (Å²) in [5.41, 5.74) is 0.560. The zero-order valence-electron chi connectivity index (χ0n) is 21.7. The van der Waals surface area contributed by atoms with Gasteiger partial charge in [-0.05, 0) is 48.5 Å². The number of carbonyl (C=O) groups is 4. The summed E-state index contributed by atoms with van der Waals surface area (Å²) in [4.78, 5) is 55.9. The number of ketones is 1. The number of ether oxygens (including phenoxy) is 1. The van der Waals surface area contributed by atoms with E-state index in [-0.39, 0.29) is 34.3 Å². The zero-order chi connectivity index (χ0) is 30.7. The van der Waals surface area contributed by atoms with Gasteiger partial charge in [-0.15, -0.1) is 5.10 Å². The summed E-state index contributed by atoms with van der Waals surface area (Å²) in [5.74, 6) is -2.14. The Morgan fingerprint density at radius 1 is 0.953 bits per heavy atom. The van der Waals surface area contributed by atoms with Crippen molar-refractivity contribution in [3.63, 3.8) is 0 Å². The largest absolute Gasteiger partial charge is 0.454 e. The number of thioether (sulfide) groups is 1. The molecule has 4 aromatic rings. The number of rotatable bonds is 8. The summed E-state index contributed by atoms with van der Waals surface area (Å²) in [7, 11) is 0. The molecule has 0 spiro atoms. The summed E-state index contributed by atoms with van der Waals surface area (Å²) in [6.45, 7) is -0.457. The number of esters is 1. The molecule has 0 saturated carbocycles. The van der Waals surface area contributed by atoms with Crippen molar-refractivity contribution in [1.82, 2.24) is 15.2 Å². The molecule has 5 rings (SSSR count). The van der Waals surface area contributed by atoms with E-state index in [9.17, 15) is 32.3 Å². The monoisotopic (exact) mass is 670 g/mol. The van der Waals surface area contributed by atoms with Gasteiger partial charge in [0, 0.05) is 22.0 Å². The minimum Gasteiger partial charge on any atom is -0.454 e. The van der Waals surface area contributed by atoms with Crippen LogP contribution in [0, 0.1) is 0 Å². The van der Waals surface area contributed by atoms with E-state index < -0.39 is 41.4 Å². The van der Waals surface area contributed by atoms with Crippen LogP contribution in [0.3, 0.4) is 0 Å². The van der Waals surface area contributed by atoms with E-state index in [1.807, 2.05) is 0 Å². The smallest absolute Gasteiger partial charge is 0.416 e. The summed E-state index contributed by atoms with van der Waals surface area (Å²) in [6.07, 6.45) is -3.35. The van der Waals surface area contributed by atoms with Gasteiger partial charge in [0.25, 0.3) is 0 Å². The molecule has 1 aromatic heterocycles. The van der Waals surface area contributed by atoms with Gasteiger partial charge < -0.3 is 4.74 Å². The minimum atomic E-state index is -4.48. The number of carbonyl (C=O) groups excluding carboxylic acids is 4. The topological polar surface area (TPSA) is 119 Å². The molecule has 2 heterocycles. The fourth-order valence-corrected chi connectivity index (χ4v) is 5.28. The minimum absolute atomic E-state index is 0.0705. The first-order valence-electron chi connectivity index (χ1n) is 12.5. The third-order valence-corrected chi connectivity index (χ3v) is 7.83. The first-order valence-corrected chi connectivity index (χ1v) is 14.1. The molecular formula is C29H18BrF3N4O5S. The maximum Gasteiger partial charge on any atom is 0.416 e. The molecule has 1 aliphatic rings. The first-order chi connectivity index (χ1) is 20.5. The number of alkyl halides is 3. The van der Waals surface area contributed by atoms with Gasteiger partial charge in [0.05, 0.1) is 28.7 Å². The molecule has 2 amide bonds.